The van der Waals surface area contributed by atoms with Crippen LogP contribution in [0.2, 0.25) is 0 Å². The van der Waals surface area contributed by atoms with Crippen LogP contribution in [0.15, 0.2) is 0 Å². The predicted molar refractivity (Wildman–Crippen MR) is 84.8 cm³/mol. The molecule has 0 unspecified atom stereocenters. The first-order valence-electron chi connectivity index (χ1n) is 8.65. The number of aromatic amines is 1. The summed E-state index contributed by atoms with van der Waals surface area (Å²) in [6.07, 6.45) is 8.29. The van der Waals surface area contributed by atoms with Crippen molar-refractivity contribution in [2.75, 3.05) is 19.7 Å². The zero-order valence-corrected chi connectivity index (χ0v) is 13.5. The summed E-state index contributed by atoms with van der Waals surface area (Å²) >= 11 is 0. The number of carbonyl (C=O) groups is 1. The SMILES string of the molecule is CCC[C@@]1(CO)CCCN(C(=O)c2n[nH]c3c2CCCC3)C1. The highest BCUT2D eigenvalue weighted by Gasteiger charge is 2.37. The Hall–Kier alpha value is -1.36. The zero-order valence-electron chi connectivity index (χ0n) is 13.5. The Morgan fingerprint density at radius 2 is 2.18 bits per heavy atom. The molecule has 0 bridgehead atoms. The number of hydrogen-bond donors (Lipinski definition) is 2. The van der Waals surface area contributed by atoms with Crippen molar-refractivity contribution in [3.63, 3.8) is 0 Å². The molecule has 1 saturated heterocycles. The molecule has 5 nitrogen and oxygen atoms in total. The Kier molecular flexibility index (Phi) is 4.52. The molecule has 2 aliphatic rings. The normalized spacial score (nSPS) is 25.1. The second-order valence-corrected chi connectivity index (χ2v) is 6.97. The minimum absolute atomic E-state index is 0.0491. The van der Waals surface area contributed by atoms with Crippen molar-refractivity contribution in [2.45, 2.75) is 58.3 Å². The number of H-pyrrole nitrogens is 1. The van der Waals surface area contributed by atoms with Crippen LogP contribution in [0.1, 0.15) is 67.2 Å². The van der Waals surface area contributed by atoms with Gasteiger partial charge < -0.3 is 10.0 Å². The van der Waals surface area contributed by atoms with Gasteiger partial charge in [0.1, 0.15) is 0 Å². The van der Waals surface area contributed by atoms with Crippen molar-refractivity contribution >= 4 is 5.91 Å². The summed E-state index contributed by atoms with van der Waals surface area (Å²) in [5.41, 5.74) is 2.79. The summed E-state index contributed by atoms with van der Waals surface area (Å²) in [7, 11) is 0. The van der Waals surface area contributed by atoms with Gasteiger partial charge in [0.25, 0.3) is 5.91 Å². The third kappa shape index (κ3) is 2.78. The van der Waals surface area contributed by atoms with E-state index in [9.17, 15) is 9.90 Å². The molecular weight excluding hydrogens is 278 g/mol. The molecule has 1 fully saturated rings. The molecule has 22 heavy (non-hydrogen) atoms. The van der Waals surface area contributed by atoms with Gasteiger partial charge in [0.2, 0.25) is 0 Å². The highest BCUT2D eigenvalue weighted by Crippen LogP contribution is 2.35. The van der Waals surface area contributed by atoms with Gasteiger partial charge in [-0.1, -0.05) is 13.3 Å². The number of aliphatic hydroxyl groups is 1. The van der Waals surface area contributed by atoms with E-state index in [0.717, 1.165) is 62.7 Å². The molecule has 1 atom stereocenters. The molecule has 122 valence electrons. The minimum Gasteiger partial charge on any atom is -0.396 e. The summed E-state index contributed by atoms with van der Waals surface area (Å²) in [5.74, 6) is 0.0491. The summed E-state index contributed by atoms with van der Waals surface area (Å²) in [5, 5.41) is 17.2. The fraction of sp³-hybridized carbons (Fsp3) is 0.765. The standard InChI is InChI=1S/C17H27N3O2/c1-2-8-17(12-21)9-5-10-20(11-17)16(22)15-13-6-3-4-7-14(13)18-19-15/h21H,2-12H2,1H3,(H,18,19)/t17-/m1/s1. The molecule has 1 aromatic heterocycles. The molecule has 5 heteroatoms. The third-order valence-corrected chi connectivity index (χ3v) is 5.32. The average Bonchev–Trinajstić information content (AvgIpc) is 2.98. The summed E-state index contributed by atoms with van der Waals surface area (Å²) in [4.78, 5) is 14.8. The van der Waals surface area contributed by atoms with E-state index < -0.39 is 0 Å². The van der Waals surface area contributed by atoms with Gasteiger partial charge in [0.05, 0.1) is 6.61 Å². The van der Waals surface area contributed by atoms with E-state index in [2.05, 4.69) is 17.1 Å². The smallest absolute Gasteiger partial charge is 0.274 e. The lowest BCUT2D eigenvalue weighted by Gasteiger charge is -2.41. The first-order chi connectivity index (χ1) is 10.7. The molecular formula is C17H27N3O2. The quantitative estimate of drug-likeness (QED) is 0.897. The van der Waals surface area contributed by atoms with Gasteiger partial charge in [-0.3, -0.25) is 9.89 Å². The number of amides is 1. The van der Waals surface area contributed by atoms with Crippen LogP contribution in [0.25, 0.3) is 0 Å². The second kappa shape index (κ2) is 6.41. The van der Waals surface area contributed by atoms with Crippen LogP contribution in [0.4, 0.5) is 0 Å². The maximum atomic E-state index is 12.9. The van der Waals surface area contributed by atoms with Crippen LogP contribution >= 0.6 is 0 Å². The number of nitrogens with zero attached hydrogens (tertiary/aromatic N) is 2. The molecule has 0 spiro atoms. The molecule has 0 saturated carbocycles. The number of aliphatic hydroxyl groups excluding tert-OH is 1. The van der Waals surface area contributed by atoms with E-state index >= 15 is 0 Å². The fourth-order valence-corrected chi connectivity index (χ4v) is 4.13. The Bertz CT molecular complexity index is 536. The van der Waals surface area contributed by atoms with Crippen LogP contribution < -0.4 is 0 Å². The number of rotatable bonds is 4. The molecule has 1 amide bonds. The van der Waals surface area contributed by atoms with Crippen molar-refractivity contribution < 1.29 is 9.90 Å². The van der Waals surface area contributed by atoms with Crippen LogP contribution in [0.3, 0.4) is 0 Å². The van der Waals surface area contributed by atoms with E-state index in [-0.39, 0.29) is 17.9 Å². The number of carbonyl (C=O) groups excluding carboxylic acids is 1. The Balaban J connectivity index is 1.78. The number of nitrogens with one attached hydrogen (secondary N) is 1. The number of likely N-dealkylation sites (tertiary alicyclic amines) is 1. The van der Waals surface area contributed by atoms with Crippen molar-refractivity contribution in [1.82, 2.24) is 15.1 Å². The van der Waals surface area contributed by atoms with Gasteiger partial charge in [-0.05, 0) is 44.9 Å². The van der Waals surface area contributed by atoms with Crippen LogP contribution in [0, 0.1) is 5.41 Å². The van der Waals surface area contributed by atoms with Gasteiger partial charge in [-0.15, -0.1) is 0 Å². The molecule has 3 rings (SSSR count). The third-order valence-electron chi connectivity index (χ3n) is 5.32. The molecule has 0 radical (unpaired) electrons. The lowest BCUT2D eigenvalue weighted by Crippen LogP contribution is -2.48. The van der Waals surface area contributed by atoms with E-state index in [1.807, 2.05) is 4.90 Å². The Morgan fingerprint density at radius 1 is 1.36 bits per heavy atom. The minimum atomic E-state index is -0.112. The van der Waals surface area contributed by atoms with Gasteiger partial charge in [-0.2, -0.15) is 5.10 Å². The lowest BCUT2D eigenvalue weighted by molar-refractivity contribution is 0.0218. The average molecular weight is 305 g/mol. The summed E-state index contributed by atoms with van der Waals surface area (Å²) in [6.45, 7) is 3.76. The van der Waals surface area contributed by atoms with E-state index in [0.29, 0.717) is 12.2 Å². The number of aryl methyl sites for hydroxylation is 1. The lowest BCUT2D eigenvalue weighted by atomic mass is 9.77. The zero-order chi connectivity index (χ0) is 15.6. The van der Waals surface area contributed by atoms with E-state index in [1.165, 1.54) is 6.42 Å². The molecule has 1 aromatic rings. The summed E-state index contributed by atoms with van der Waals surface area (Å²) in [6, 6.07) is 0. The van der Waals surface area contributed by atoms with Crippen LogP contribution in [0.5, 0.6) is 0 Å². The molecule has 1 aliphatic carbocycles. The van der Waals surface area contributed by atoms with Crippen molar-refractivity contribution in [3.8, 4) is 0 Å². The fourth-order valence-electron chi connectivity index (χ4n) is 4.13. The predicted octanol–water partition coefficient (Wildman–Crippen LogP) is 2.30. The van der Waals surface area contributed by atoms with Gasteiger partial charge >= 0.3 is 0 Å². The maximum absolute atomic E-state index is 12.9. The molecule has 2 heterocycles. The van der Waals surface area contributed by atoms with Crippen molar-refractivity contribution in [3.05, 3.63) is 17.0 Å². The van der Waals surface area contributed by atoms with Crippen LogP contribution in [-0.2, 0) is 12.8 Å². The highest BCUT2D eigenvalue weighted by atomic mass is 16.3. The van der Waals surface area contributed by atoms with Crippen LogP contribution in [-0.4, -0.2) is 45.8 Å². The first kappa shape index (κ1) is 15.5. The molecule has 1 aliphatic heterocycles. The van der Waals surface area contributed by atoms with Gasteiger partial charge in [-0.25, -0.2) is 0 Å². The highest BCUT2D eigenvalue weighted by molar-refractivity contribution is 5.94. The monoisotopic (exact) mass is 305 g/mol. The number of aromatic nitrogens is 2. The Labute approximate surface area is 132 Å². The molecule has 2 N–H and O–H groups in total. The van der Waals surface area contributed by atoms with Gasteiger partial charge in [0.15, 0.2) is 5.69 Å². The van der Waals surface area contributed by atoms with E-state index in [4.69, 9.17) is 0 Å². The number of fused-ring (bicyclic) bond motifs is 1. The van der Waals surface area contributed by atoms with Gasteiger partial charge in [0, 0.05) is 29.8 Å². The number of piperidine rings is 1. The Morgan fingerprint density at radius 3 is 2.95 bits per heavy atom. The topological polar surface area (TPSA) is 69.2 Å². The molecule has 0 aromatic carbocycles. The maximum Gasteiger partial charge on any atom is 0.274 e. The first-order valence-corrected chi connectivity index (χ1v) is 8.65. The second-order valence-electron chi connectivity index (χ2n) is 6.97. The van der Waals surface area contributed by atoms with Crippen molar-refractivity contribution in [2.24, 2.45) is 5.41 Å². The van der Waals surface area contributed by atoms with Crippen molar-refractivity contribution in [1.29, 1.82) is 0 Å². The largest absolute Gasteiger partial charge is 0.396 e. The number of hydrogen-bond acceptors (Lipinski definition) is 3. The van der Waals surface area contributed by atoms with E-state index in [1.54, 1.807) is 0 Å². The summed E-state index contributed by atoms with van der Waals surface area (Å²) < 4.78 is 0.